The van der Waals surface area contributed by atoms with Gasteiger partial charge >= 0.3 is 0 Å². The third-order valence-corrected chi connectivity index (χ3v) is 7.44. The van der Waals surface area contributed by atoms with E-state index in [4.69, 9.17) is 0 Å². The first kappa shape index (κ1) is 23.6. The normalized spacial score (nSPS) is 18.6. The van der Waals surface area contributed by atoms with Crippen molar-refractivity contribution in [3.8, 4) is 0 Å². The van der Waals surface area contributed by atoms with Gasteiger partial charge < -0.3 is 15.6 Å². The average molecular weight is 477 g/mol. The number of amides is 1. The number of hydrogen-bond donors (Lipinski definition) is 3. The van der Waals surface area contributed by atoms with E-state index >= 15 is 0 Å². The molecule has 3 heterocycles. The summed E-state index contributed by atoms with van der Waals surface area (Å²) in [6.07, 6.45) is 9.99. The Bertz CT molecular complexity index is 1260. The number of benzene rings is 1. The standard InChI is InChI=1S/C27H36N6O2/c1-18-12-28-24-9-8-21(11-23(18)24)14-29-25(34)17-33-19(2)13-30-26(27(33)35)31-15-22-5-3-4-10-32(22)16-20-6-7-20/h8-9,11-13,20,22,28H,3-7,10,14-17H2,1-2H3,(H,29,34)(H,30,31). The molecule has 1 amide bonds. The molecule has 1 saturated carbocycles. The lowest BCUT2D eigenvalue weighted by Crippen LogP contribution is -2.45. The van der Waals surface area contributed by atoms with Crippen LogP contribution in [0, 0.1) is 19.8 Å². The molecule has 0 spiro atoms. The Morgan fingerprint density at radius 1 is 1.20 bits per heavy atom. The molecular weight excluding hydrogens is 440 g/mol. The lowest BCUT2D eigenvalue weighted by atomic mass is 10.0. The molecule has 0 bridgehead atoms. The van der Waals surface area contributed by atoms with E-state index in [-0.39, 0.29) is 18.0 Å². The van der Waals surface area contributed by atoms with Crippen molar-refractivity contribution in [2.45, 2.75) is 65.1 Å². The lowest BCUT2D eigenvalue weighted by molar-refractivity contribution is -0.121. The Morgan fingerprint density at radius 2 is 2.06 bits per heavy atom. The van der Waals surface area contributed by atoms with Gasteiger partial charge in [0.15, 0.2) is 5.82 Å². The summed E-state index contributed by atoms with van der Waals surface area (Å²) in [7, 11) is 0. The summed E-state index contributed by atoms with van der Waals surface area (Å²) in [6, 6.07) is 6.55. The average Bonchev–Trinajstić information content (AvgIpc) is 3.61. The van der Waals surface area contributed by atoms with Crippen molar-refractivity contribution >= 4 is 22.6 Å². The van der Waals surface area contributed by atoms with E-state index < -0.39 is 0 Å². The van der Waals surface area contributed by atoms with Gasteiger partial charge in [-0.25, -0.2) is 4.98 Å². The highest BCUT2D eigenvalue weighted by Gasteiger charge is 2.29. The summed E-state index contributed by atoms with van der Waals surface area (Å²) in [5.74, 6) is 0.993. The maximum atomic E-state index is 13.1. The molecule has 1 saturated heterocycles. The maximum Gasteiger partial charge on any atom is 0.293 e. The number of H-pyrrole nitrogens is 1. The molecule has 186 valence electrons. The quantitative estimate of drug-likeness (QED) is 0.440. The lowest BCUT2D eigenvalue weighted by Gasteiger charge is -2.36. The second kappa shape index (κ2) is 10.2. The third-order valence-electron chi connectivity index (χ3n) is 7.44. The number of aryl methyl sites for hydroxylation is 2. The number of aromatic nitrogens is 3. The monoisotopic (exact) mass is 476 g/mol. The second-order valence-electron chi connectivity index (χ2n) is 10.2. The number of piperidine rings is 1. The highest BCUT2D eigenvalue weighted by atomic mass is 16.2. The number of fused-ring (bicyclic) bond motifs is 1. The fourth-order valence-corrected chi connectivity index (χ4v) is 5.08. The molecule has 3 aromatic rings. The van der Waals surface area contributed by atoms with E-state index in [9.17, 15) is 9.59 Å². The first-order valence-electron chi connectivity index (χ1n) is 12.9. The topological polar surface area (TPSA) is 95.0 Å². The van der Waals surface area contributed by atoms with Gasteiger partial charge in [0.05, 0.1) is 0 Å². The van der Waals surface area contributed by atoms with Crippen molar-refractivity contribution < 1.29 is 4.79 Å². The van der Waals surface area contributed by atoms with Gasteiger partial charge in [-0.05, 0) is 75.3 Å². The van der Waals surface area contributed by atoms with Crippen molar-refractivity contribution in [1.82, 2.24) is 24.8 Å². The molecule has 5 rings (SSSR count). The SMILES string of the molecule is Cc1c[nH]c2ccc(CNC(=O)Cn3c(C)cnc(NCC4CCCCN4CC4CC4)c3=O)cc12. The number of carbonyl (C=O) groups is 1. The minimum absolute atomic E-state index is 0.0233. The van der Waals surface area contributed by atoms with Crippen LogP contribution in [0.25, 0.3) is 10.9 Å². The zero-order valence-corrected chi connectivity index (χ0v) is 20.8. The van der Waals surface area contributed by atoms with Crippen molar-refractivity contribution in [2.75, 3.05) is 25.0 Å². The van der Waals surface area contributed by atoms with Gasteiger partial charge in [-0.15, -0.1) is 0 Å². The van der Waals surface area contributed by atoms with E-state index in [2.05, 4.69) is 38.5 Å². The Balaban J connectivity index is 1.20. The van der Waals surface area contributed by atoms with E-state index in [0.717, 1.165) is 35.3 Å². The molecule has 1 aliphatic heterocycles. The summed E-state index contributed by atoms with van der Waals surface area (Å²) in [5.41, 5.74) is 3.72. The number of nitrogens with one attached hydrogen (secondary N) is 3. The van der Waals surface area contributed by atoms with Crippen LogP contribution in [0.1, 0.15) is 48.9 Å². The Labute approximate surface area is 206 Å². The van der Waals surface area contributed by atoms with E-state index in [1.165, 1.54) is 42.4 Å². The van der Waals surface area contributed by atoms with Gasteiger partial charge in [-0.3, -0.25) is 19.1 Å². The van der Waals surface area contributed by atoms with Crippen LogP contribution in [-0.4, -0.2) is 51.0 Å². The second-order valence-corrected chi connectivity index (χ2v) is 10.2. The number of hydrogen-bond acceptors (Lipinski definition) is 5. The highest BCUT2D eigenvalue weighted by molar-refractivity contribution is 5.83. The van der Waals surface area contributed by atoms with Gasteiger partial charge in [0.1, 0.15) is 6.54 Å². The summed E-state index contributed by atoms with van der Waals surface area (Å²) in [6.45, 7) is 7.30. The van der Waals surface area contributed by atoms with Crippen LogP contribution < -0.4 is 16.2 Å². The Hall–Kier alpha value is -3.13. The molecule has 8 heteroatoms. The number of nitrogens with zero attached hydrogens (tertiary/aromatic N) is 3. The molecule has 35 heavy (non-hydrogen) atoms. The maximum absolute atomic E-state index is 13.1. The number of rotatable bonds is 9. The predicted molar refractivity (Wildman–Crippen MR) is 139 cm³/mol. The smallest absolute Gasteiger partial charge is 0.293 e. The molecule has 1 aromatic carbocycles. The van der Waals surface area contributed by atoms with Crippen LogP contribution in [0.3, 0.4) is 0 Å². The summed E-state index contributed by atoms with van der Waals surface area (Å²) < 4.78 is 1.51. The van der Waals surface area contributed by atoms with Crippen LogP contribution in [0.2, 0.25) is 0 Å². The first-order chi connectivity index (χ1) is 17.0. The molecule has 2 fully saturated rings. The summed E-state index contributed by atoms with van der Waals surface area (Å²) >= 11 is 0. The molecule has 3 N–H and O–H groups in total. The van der Waals surface area contributed by atoms with E-state index in [0.29, 0.717) is 30.6 Å². The molecule has 1 unspecified atom stereocenters. The number of anilines is 1. The summed E-state index contributed by atoms with van der Waals surface area (Å²) in [5, 5.41) is 7.41. The number of aromatic amines is 1. The zero-order valence-electron chi connectivity index (χ0n) is 20.8. The van der Waals surface area contributed by atoms with Crippen LogP contribution >= 0.6 is 0 Å². The minimum atomic E-state index is -0.242. The molecule has 0 radical (unpaired) electrons. The first-order valence-corrected chi connectivity index (χ1v) is 12.9. The van der Waals surface area contributed by atoms with Gasteiger partial charge in [0.25, 0.3) is 5.56 Å². The molecular formula is C27H36N6O2. The van der Waals surface area contributed by atoms with E-state index in [1.807, 2.05) is 25.3 Å². The highest BCUT2D eigenvalue weighted by Crippen LogP contribution is 2.32. The Kier molecular flexibility index (Phi) is 6.90. The molecule has 1 atom stereocenters. The fourth-order valence-electron chi connectivity index (χ4n) is 5.08. The van der Waals surface area contributed by atoms with E-state index in [1.54, 1.807) is 6.20 Å². The zero-order chi connectivity index (χ0) is 24.4. The van der Waals surface area contributed by atoms with Crippen molar-refractivity contribution in [1.29, 1.82) is 0 Å². The van der Waals surface area contributed by atoms with Crippen molar-refractivity contribution in [3.63, 3.8) is 0 Å². The molecule has 1 aliphatic carbocycles. The molecule has 2 aliphatic rings. The number of carbonyl (C=O) groups excluding carboxylic acids is 1. The van der Waals surface area contributed by atoms with Crippen LogP contribution in [0.5, 0.6) is 0 Å². The fraction of sp³-hybridized carbons (Fsp3) is 0.519. The molecule has 8 nitrogen and oxygen atoms in total. The largest absolute Gasteiger partial charge is 0.364 e. The molecule has 2 aromatic heterocycles. The van der Waals surface area contributed by atoms with Crippen LogP contribution in [0.4, 0.5) is 5.82 Å². The third kappa shape index (κ3) is 5.59. The van der Waals surface area contributed by atoms with Gasteiger partial charge in [-0.1, -0.05) is 12.5 Å². The van der Waals surface area contributed by atoms with Gasteiger partial charge in [0.2, 0.25) is 5.91 Å². The van der Waals surface area contributed by atoms with Crippen molar-refractivity contribution in [3.05, 3.63) is 57.8 Å². The van der Waals surface area contributed by atoms with Gasteiger partial charge in [-0.2, -0.15) is 0 Å². The van der Waals surface area contributed by atoms with Gasteiger partial charge in [0, 0.05) is 54.7 Å². The minimum Gasteiger partial charge on any atom is -0.364 e. The van der Waals surface area contributed by atoms with Crippen LogP contribution in [0.15, 0.2) is 35.4 Å². The number of likely N-dealkylation sites (tertiary alicyclic amines) is 1. The predicted octanol–water partition coefficient (Wildman–Crippen LogP) is 3.33. The Morgan fingerprint density at radius 3 is 2.89 bits per heavy atom. The summed E-state index contributed by atoms with van der Waals surface area (Å²) in [4.78, 5) is 36.0. The van der Waals surface area contributed by atoms with Crippen LogP contribution in [-0.2, 0) is 17.9 Å². The van der Waals surface area contributed by atoms with Crippen molar-refractivity contribution in [2.24, 2.45) is 5.92 Å².